The average molecular weight is 223 g/mol. The quantitative estimate of drug-likeness (QED) is 0.710. The Morgan fingerprint density at radius 2 is 2.31 bits per heavy atom. The summed E-state index contributed by atoms with van der Waals surface area (Å²) >= 11 is 0. The second-order valence-corrected chi connectivity index (χ2v) is 4.19. The van der Waals surface area contributed by atoms with Crippen LogP contribution in [-0.4, -0.2) is 47.9 Å². The molecule has 0 aromatic heterocycles. The zero-order valence-electron chi connectivity index (χ0n) is 9.69. The van der Waals surface area contributed by atoms with Crippen LogP contribution >= 0.6 is 0 Å². The third kappa shape index (κ3) is 1.76. The molecular weight excluding hydrogens is 206 g/mol. The lowest BCUT2D eigenvalue weighted by atomic mass is 10.1. The molecule has 16 heavy (non-hydrogen) atoms. The number of Topliss-reactive ketones (excluding diaryl/α,β-unsaturated/α-hetero) is 1. The number of ketones is 1. The summed E-state index contributed by atoms with van der Waals surface area (Å²) in [7, 11) is 1.78. The van der Waals surface area contributed by atoms with Crippen LogP contribution in [0.3, 0.4) is 0 Å². The van der Waals surface area contributed by atoms with Gasteiger partial charge in [0.25, 0.3) is 5.91 Å². The number of fused-ring (bicyclic) bond motifs is 1. The SMILES string of the molecule is CNC1CCCN2CC=C(C(C)=O)N2C1=O. The van der Waals surface area contributed by atoms with E-state index in [1.54, 1.807) is 12.1 Å². The molecule has 1 atom stereocenters. The number of hydrazine groups is 1. The standard InChI is InChI=1S/C11H17N3O2/c1-8(15)10-5-7-13-6-3-4-9(12-2)11(16)14(10)13/h5,9,12H,3-4,6-7H2,1-2H3. The van der Waals surface area contributed by atoms with Crippen LogP contribution in [-0.2, 0) is 9.59 Å². The third-order valence-electron chi connectivity index (χ3n) is 3.13. The first kappa shape index (κ1) is 11.3. The summed E-state index contributed by atoms with van der Waals surface area (Å²) in [4.78, 5) is 23.6. The average Bonchev–Trinajstić information content (AvgIpc) is 2.61. The molecule has 5 nitrogen and oxygen atoms in total. The van der Waals surface area contributed by atoms with Gasteiger partial charge in [0, 0.05) is 20.0 Å². The van der Waals surface area contributed by atoms with Gasteiger partial charge in [-0.15, -0.1) is 0 Å². The topological polar surface area (TPSA) is 52.7 Å². The number of carbonyl (C=O) groups is 2. The molecule has 0 radical (unpaired) electrons. The lowest BCUT2D eigenvalue weighted by Gasteiger charge is -2.29. The van der Waals surface area contributed by atoms with Crippen molar-refractivity contribution in [1.29, 1.82) is 0 Å². The lowest BCUT2D eigenvalue weighted by molar-refractivity contribution is -0.144. The van der Waals surface area contributed by atoms with Crippen LogP contribution < -0.4 is 5.32 Å². The molecule has 2 rings (SSSR count). The summed E-state index contributed by atoms with van der Waals surface area (Å²) in [5, 5.41) is 6.50. The number of likely N-dealkylation sites (N-methyl/N-ethyl adjacent to an activating group) is 1. The van der Waals surface area contributed by atoms with Gasteiger partial charge in [-0.3, -0.25) is 9.59 Å². The van der Waals surface area contributed by atoms with E-state index in [1.165, 1.54) is 6.92 Å². The van der Waals surface area contributed by atoms with Gasteiger partial charge in [0.15, 0.2) is 5.78 Å². The predicted molar refractivity (Wildman–Crippen MR) is 59.3 cm³/mol. The highest BCUT2D eigenvalue weighted by Crippen LogP contribution is 2.23. The van der Waals surface area contributed by atoms with Crippen LogP contribution in [0.15, 0.2) is 11.8 Å². The lowest BCUT2D eigenvalue weighted by Crippen LogP contribution is -2.48. The van der Waals surface area contributed by atoms with Crippen LogP contribution in [0.1, 0.15) is 19.8 Å². The number of nitrogens with one attached hydrogen (secondary N) is 1. The van der Waals surface area contributed by atoms with E-state index in [2.05, 4.69) is 5.32 Å². The van der Waals surface area contributed by atoms with Crippen molar-refractivity contribution in [2.24, 2.45) is 0 Å². The molecule has 0 aromatic carbocycles. The highest BCUT2D eigenvalue weighted by Gasteiger charge is 2.37. The Labute approximate surface area is 95.1 Å². The predicted octanol–water partition coefficient (Wildman–Crippen LogP) is -0.0997. The summed E-state index contributed by atoms with van der Waals surface area (Å²) in [6.45, 7) is 3.00. The van der Waals surface area contributed by atoms with Crippen molar-refractivity contribution in [2.75, 3.05) is 20.1 Å². The summed E-state index contributed by atoms with van der Waals surface area (Å²) < 4.78 is 0. The van der Waals surface area contributed by atoms with E-state index < -0.39 is 0 Å². The van der Waals surface area contributed by atoms with Gasteiger partial charge in [-0.25, -0.2) is 10.0 Å². The van der Waals surface area contributed by atoms with Crippen LogP contribution in [0, 0.1) is 0 Å². The first-order chi connectivity index (χ1) is 7.65. The van der Waals surface area contributed by atoms with Gasteiger partial charge in [-0.05, 0) is 26.0 Å². The molecular formula is C11H17N3O2. The Balaban J connectivity index is 2.26. The fourth-order valence-electron chi connectivity index (χ4n) is 2.27. The normalized spacial score (nSPS) is 26.4. The van der Waals surface area contributed by atoms with E-state index in [9.17, 15) is 9.59 Å². The minimum Gasteiger partial charge on any atom is -0.309 e. The molecule has 1 fully saturated rings. The Bertz CT molecular complexity index is 351. The van der Waals surface area contributed by atoms with Gasteiger partial charge < -0.3 is 5.32 Å². The maximum Gasteiger partial charge on any atom is 0.258 e. The summed E-state index contributed by atoms with van der Waals surface area (Å²) in [5.41, 5.74) is 0.521. The molecule has 1 N–H and O–H groups in total. The van der Waals surface area contributed by atoms with Gasteiger partial charge >= 0.3 is 0 Å². The zero-order valence-corrected chi connectivity index (χ0v) is 9.69. The maximum atomic E-state index is 12.2. The summed E-state index contributed by atoms with van der Waals surface area (Å²) in [6, 6.07) is -0.175. The highest BCUT2D eigenvalue weighted by molar-refractivity contribution is 5.98. The smallest absolute Gasteiger partial charge is 0.258 e. The molecule has 0 aliphatic carbocycles. The molecule has 0 aromatic rings. The maximum absolute atomic E-state index is 12.2. The molecule has 88 valence electrons. The minimum atomic E-state index is -0.175. The number of allylic oxidation sites excluding steroid dienone is 1. The van der Waals surface area contributed by atoms with Crippen molar-refractivity contribution in [2.45, 2.75) is 25.8 Å². The molecule has 2 aliphatic rings. The van der Waals surface area contributed by atoms with Gasteiger partial charge in [0.05, 0.1) is 6.04 Å². The first-order valence-electron chi connectivity index (χ1n) is 5.62. The zero-order chi connectivity index (χ0) is 11.7. The molecule has 1 saturated heterocycles. The molecule has 1 amide bonds. The number of hydrogen-bond acceptors (Lipinski definition) is 4. The Morgan fingerprint density at radius 3 is 2.94 bits per heavy atom. The van der Waals surface area contributed by atoms with Gasteiger partial charge in [-0.1, -0.05) is 0 Å². The van der Waals surface area contributed by atoms with Crippen LogP contribution in [0.5, 0.6) is 0 Å². The molecule has 1 unspecified atom stereocenters. The molecule has 5 heteroatoms. The second-order valence-electron chi connectivity index (χ2n) is 4.19. The van der Waals surface area contributed by atoms with E-state index in [4.69, 9.17) is 0 Å². The summed E-state index contributed by atoms with van der Waals surface area (Å²) in [6.07, 6.45) is 3.62. The first-order valence-corrected chi connectivity index (χ1v) is 5.62. The third-order valence-corrected chi connectivity index (χ3v) is 3.13. The largest absolute Gasteiger partial charge is 0.309 e. The molecule has 0 saturated carbocycles. The van der Waals surface area contributed by atoms with Crippen LogP contribution in [0.2, 0.25) is 0 Å². The fraction of sp³-hybridized carbons (Fsp3) is 0.636. The Kier molecular flexibility index (Phi) is 3.07. The van der Waals surface area contributed by atoms with Crippen LogP contribution in [0.25, 0.3) is 0 Å². The molecule has 2 heterocycles. The van der Waals surface area contributed by atoms with Crippen LogP contribution in [0.4, 0.5) is 0 Å². The van der Waals surface area contributed by atoms with Gasteiger partial charge in [-0.2, -0.15) is 0 Å². The highest BCUT2D eigenvalue weighted by atomic mass is 16.2. The number of amides is 1. The van der Waals surface area contributed by atoms with Gasteiger partial charge in [0.2, 0.25) is 0 Å². The van der Waals surface area contributed by atoms with Crippen molar-refractivity contribution >= 4 is 11.7 Å². The molecule has 0 bridgehead atoms. The van der Waals surface area contributed by atoms with E-state index >= 15 is 0 Å². The van der Waals surface area contributed by atoms with E-state index in [1.807, 2.05) is 11.1 Å². The number of nitrogens with zero attached hydrogens (tertiary/aromatic N) is 2. The van der Waals surface area contributed by atoms with E-state index in [0.29, 0.717) is 12.2 Å². The number of carbonyl (C=O) groups excluding carboxylic acids is 2. The van der Waals surface area contributed by atoms with E-state index in [-0.39, 0.29) is 17.7 Å². The van der Waals surface area contributed by atoms with Crippen molar-refractivity contribution in [3.8, 4) is 0 Å². The van der Waals surface area contributed by atoms with Gasteiger partial charge in [0.1, 0.15) is 5.70 Å². The summed E-state index contributed by atoms with van der Waals surface area (Å²) in [5.74, 6) is -0.0634. The van der Waals surface area contributed by atoms with Crippen molar-refractivity contribution in [3.63, 3.8) is 0 Å². The number of rotatable bonds is 2. The minimum absolute atomic E-state index is 0.0149. The fourth-order valence-corrected chi connectivity index (χ4v) is 2.27. The molecule has 0 spiro atoms. The second kappa shape index (κ2) is 4.35. The van der Waals surface area contributed by atoms with Crippen molar-refractivity contribution in [3.05, 3.63) is 11.8 Å². The molecule has 2 aliphatic heterocycles. The van der Waals surface area contributed by atoms with Crippen molar-refractivity contribution in [1.82, 2.24) is 15.3 Å². The van der Waals surface area contributed by atoms with E-state index in [0.717, 1.165) is 19.4 Å². The Hall–Kier alpha value is -1.20. The Morgan fingerprint density at radius 1 is 1.56 bits per heavy atom. The number of hydrogen-bond donors (Lipinski definition) is 1. The van der Waals surface area contributed by atoms with Crippen molar-refractivity contribution < 1.29 is 9.59 Å². The monoisotopic (exact) mass is 223 g/mol.